The van der Waals surface area contributed by atoms with Crippen LogP contribution in [0.4, 0.5) is 30.7 Å². The standard InChI is InChI=1S/C29H26F7NO4S/c30-23-5-7-25(8-6-23)42(40,41)26(13-9-19(10-14-26)17-24(38)18-20-11-15-37-16-12-20)21-1-3-22(4-2-21)27(39,28(31,32)33)29(34,35)36/h1-8,11-12,15-16,19,39H,9-10,13-14,17-18H2. The van der Waals surface area contributed by atoms with Crippen LogP contribution in [0.15, 0.2) is 78.0 Å². The van der Waals surface area contributed by atoms with Crippen LogP contribution < -0.4 is 0 Å². The van der Waals surface area contributed by atoms with Crippen molar-refractivity contribution < 1.29 is 49.1 Å². The number of halogens is 7. The summed E-state index contributed by atoms with van der Waals surface area (Å²) in [5, 5.41) is 9.77. The van der Waals surface area contributed by atoms with Crippen LogP contribution in [-0.2, 0) is 31.4 Å². The van der Waals surface area contributed by atoms with Crippen LogP contribution in [0.1, 0.15) is 48.8 Å². The molecule has 0 aliphatic heterocycles. The first-order valence-corrected chi connectivity index (χ1v) is 14.4. The fourth-order valence-electron chi connectivity index (χ4n) is 5.53. The molecule has 0 spiro atoms. The molecule has 42 heavy (non-hydrogen) atoms. The van der Waals surface area contributed by atoms with E-state index in [2.05, 4.69) is 4.98 Å². The van der Waals surface area contributed by atoms with Gasteiger partial charge in [0, 0.05) is 30.8 Å². The van der Waals surface area contributed by atoms with Crippen molar-refractivity contribution in [3.63, 3.8) is 0 Å². The lowest BCUT2D eigenvalue weighted by atomic mass is 9.75. The molecule has 0 unspecified atom stereocenters. The van der Waals surface area contributed by atoms with Crippen LogP contribution in [0, 0.1) is 11.7 Å². The molecule has 0 amide bonds. The summed E-state index contributed by atoms with van der Waals surface area (Å²) in [5.41, 5.74) is -6.01. The largest absolute Gasteiger partial charge is 0.430 e. The highest BCUT2D eigenvalue weighted by molar-refractivity contribution is 7.92. The minimum absolute atomic E-state index is 0.0798. The Morgan fingerprint density at radius 1 is 0.857 bits per heavy atom. The molecule has 0 atom stereocenters. The Hall–Kier alpha value is -3.32. The van der Waals surface area contributed by atoms with E-state index in [-0.39, 0.29) is 60.7 Å². The summed E-state index contributed by atoms with van der Waals surface area (Å²) < 4.78 is 120. The number of carbonyl (C=O) groups excluding carboxylic acids is 1. The number of carbonyl (C=O) groups is 1. The predicted molar refractivity (Wildman–Crippen MR) is 137 cm³/mol. The van der Waals surface area contributed by atoms with E-state index < -0.39 is 43.9 Å². The minimum atomic E-state index is -6.11. The van der Waals surface area contributed by atoms with Gasteiger partial charge in [0.1, 0.15) is 16.3 Å². The molecule has 0 radical (unpaired) electrons. The van der Waals surface area contributed by atoms with Crippen LogP contribution in [0.3, 0.4) is 0 Å². The third-order valence-electron chi connectivity index (χ3n) is 7.87. The van der Waals surface area contributed by atoms with E-state index in [0.717, 1.165) is 42.0 Å². The molecule has 1 saturated carbocycles. The maximum Gasteiger partial charge on any atom is 0.430 e. The van der Waals surface area contributed by atoms with E-state index in [1.165, 1.54) is 0 Å². The van der Waals surface area contributed by atoms with E-state index in [1.54, 1.807) is 24.5 Å². The third kappa shape index (κ3) is 5.81. The Morgan fingerprint density at radius 3 is 1.88 bits per heavy atom. The molecule has 1 heterocycles. The van der Waals surface area contributed by atoms with Gasteiger partial charge in [-0.2, -0.15) is 26.3 Å². The SMILES string of the molecule is O=C(Cc1ccncc1)CC1CCC(c2ccc(C(O)(C(F)(F)F)C(F)(F)F)cc2)(S(=O)(=O)c2ccc(F)cc2)CC1. The lowest BCUT2D eigenvalue weighted by molar-refractivity contribution is -0.376. The van der Waals surface area contributed by atoms with Crippen LogP contribution in [0.2, 0.25) is 0 Å². The van der Waals surface area contributed by atoms with Gasteiger partial charge in [-0.3, -0.25) is 9.78 Å². The van der Waals surface area contributed by atoms with Gasteiger partial charge in [0.2, 0.25) is 0 Å². The molecule has 13 heteroatoms. The molecule has 3 aromatic rings. The summed E-state index contributed by atoms with van der Waals surface area (Å²) in [6.07, 6.45) is -8.56. The Morgan fingerprint density at radius 2 is 1.38 bits per heavy atom. The van der Waals surface area contributed by atoms with Gasteiger partial charge in [0.05, 0.1) is 4.90 Å². The van der Waals surface area contributed by atoms with E-state index >= 15 is 0 Å². The van der Waals surface area contributed by atoms with Crippen LogP contribution in [-0.4, -0.2) is 36.6 Å². The van der Waals surface area contributed by atoms with Crippen molar-refractivity contribution in [3.8, 4) is 0 Å². The number of hydrogen-bond acceptors (Lipinski definition) is 5. The van der Waals surface area contributed by atoms with E-state index in [0.29, 0.717) is 12.1 Å². The Balaban J connectivity index is 1.68. The second-order valence-corrected chi connectivity index (χ2v) is 12.7. The summed E-state index contributed by atoms with van der Waals surface area (Å²) in [4.78, 5) is 16.3. The fourth-order valence-corrected chi connectivity index (χ4v) is 7.69. The number of rotatable bonds is 8. The number of aliphatic hydroxyl groups is 1. The van der Waals surface area contributed by atoms with Gasteiger partial charge in [-0.25, -0.2) is 12.8 Å². The highest BCUT2D eigenvalue weighted by Gasteiger charge is 2.71. The molecule has 0 saturated heterocycles. The average Bonchev–Trinajstić information content (AvgIpc) is 2.92. The first-order chi connectivity index (χ1) is 19.5. The first kappa shape index (κ1) is 31.6. The van der Waals surface area contributed by atoms with Crippen molar-refractivity contribution in [2.24, 2.45) is 5.92 Å². The van der Waals surface area contributed by atoms with Crippen LogP contribution >= 0.6 is 0 Å². The Bertz CT molecular complexity index is 1480. The van der Waals surface area contributed by atoms with E-state index in [9.17, 15) is 49.1 Å². The van der Waals surface area contributed by atoms with Crippen LogP contribution in [0.5, 0.6) is 0 Å². The smallest absolute Gasteiger partial charge is 0.369 e. The number of hydrogen-bond donors (Lipinski definition) is 1. The molecule has 5 nitrogen and oxygen atoms in total. The summed E-state index contributed by atoms with van der Waals surface area (Å²) >= 11 is 0. The monoisotopic (exact) mass is 617 g/mol. The Kier molecular flexibility index (Phi) is 8.58. The summed E-state index contributed by atoms with van der Waals surface area (Å²) in [6.45, 7) is 0. The maximum atomic E-state index is 14.0. The lowest BCUT2D eigenvalue weighted by Gasteiger charge is -2.40. The highest BCUT2D eigenvalue weighted by Crippen LogP contribution is 2.52. The second-order valence-electron chi connectivity index (χ2n) is 10.5. The molecule has 1 aliphatic rings. The van der Waals surface area contributed by atoms with Gasteiger partial charge in [-0.15, -0.1) is 0 Å². The first-order valence-electron chi connectivity index (χ1n) is 12.9. The molecule has 0 bridgehead atoms. The van der Waals surface area contributed by atoms with Crippen molar-refractivity contribution in [3.05, 3.63) is 95.6 Å². The topological polar surface area (TPSA) is 84.3 Å². The lowest BCUT2D eigenvalue weighted by Crippen LogP contribution is -2.54. The molecule has 226 valence electrons. The Labute approximate surface area is 237 Å². The summed E-state index contributed by atoms with van der Waals surface area (Å²) in [7, 11) is -4.36. The van der Waals surface area contributed by atoms with Crippen molar-refractivity contribution in [2.45, 2.75) is 66.1 Å². The molecule has 2 aromatic carbocycles. The van der Waals surface area contributed by atoms with Gasteiger partial charge in [0.15, 0.2) is 9.84 Å². The zero-order valence-corrected chi connectivity index (χ0v) is 22.7. The van der Waals surface area contributed by atoms with Crippen molar-refractivity contribution in [2.75, 3.05) is 0 Å². The molecular weight excluding hydrogens is 591 g/mol. The van der Waals surface area contributed by atoms with Gasteiger partial charge < -0.3 is 5.11 Å². The van der Waals surface area contributed by atoms with Gasteiger partial charge >= 0.3 is 12.4 Å². The van der Waals surface area contributed by atoms with Crippen LogP contribution in [0.25, 0.3) is 0 Å². The molecule has 1 fully saturated rings. The van der Waals surface area contributed by atoms with Crippen molar-refractivity contribution in [1.29, 1.82) is 0 Å². The van der Waals surface area contributed by atoms with Gasteiger partial charge in [0.25, 0.3) is 5.60 Å². The number of pyridine rings is 1. The number of sulfone groups is 1. The zero-order chi connectivity index (χ0) is 31.0. The third-order valence-corrected chi connectivity index (χ3v) is 10.4. The van der Waals surface area contributed by atoms with Gasteiger partial charge in [-0.05, 0) is 79.1 Å². The number of aromatic nitrogens is 1. The molecule has 1 aliphatic carbocycles. The normalized spacial score (nSPS) is 20.3. The van der Waals surface area contributed by atoms with E-state index in [4.69, 9.17) is 0 Å². The van der Waals surface area contributed by atoms with Gasteiger partial charge in [-0.1, -0.05) is 24.3 Å². The molecule has 1 N–H and O–H groups in total. The zero-order valence-electron chi connectivity index (χ0n) is 21.9. The number of ketones is 1. The quantitative estimate of drug-likeness (QED) is 0.228. The molecule has 4 rings (SSSR count). The second kappa shape index (κ2) is 11.4. The predicted octanol–water partition coefficient (Wildman–Crippen LogP) is 6.59. The number of Topliss-reactive ketones (excluding diaryl/α,β-unsaturated/α-hetero) is 1. The average molecular weight is 618 g/mol. The molecular formula is C29H26F7NO4S. The summed E-state index contributed by atoms with van der Waals surface area (Å²) in [6, 6.07) is 9.85. The number of benzene rings is 2. The molecule has 1 aromatic heterocycles. The number of alkyl halides is 6. The maximum absolute atomic E-state index is 14.0. The van der Waals surface area contributed by atoms with Crippen molar-refractivity contribution >= 4 is 15.6 Å². The van der Waals surface area contributed by atoms with Crippen molar-refractivity contribution in [1.82, 2.24) is 4.98 Å². The minimum Gasteiger partial charge on any atom is -0.369 e. The number of nitrogens with zero attached hydrogens (tertiary/aromatic N) is 1. The fraction of sp³-hybridized carbons (Fsp3) is 0.379. The highest BCUT2D eigenvalue weighted by atomic mass is 32.2. The van der Waals surface area contributed by atoms with E-state index in [1.807, 2.05) is 0 Å². The summed E-state index contributed by atoms with van der Waals surface area (Å²) in [5.74, 6) is -0.999.